The largest absolute Gasteiger partial charge is 0.0622 e. The molecule has 20 aromatic carbocycles. The van der Waals surface area contributed by atoms with Gasteiger partial charge in [0.1, 0.15) is 0 Å². The molecular formula is C130H100. The molecular weight excluding hydrogens is 1560 g/mol. The topological polar surface area (TPSA) is 0 Å². The van der Waals surface area contributed by atoms with Gasteiger partial charge in [-0.15, -0.1) is 0 Å². The van der Waals surface area contributed by atoms with Gasteiger partial charge in [-0.2, -0.15) is 0 Å². The number of fused-ring (bicyclic) bond motifs is 22. The van der Waals surface area contributed by atoms with E-state index in [1.165, 1.54) is 266 Å². The second-order valence-electron chi connectivity index (χ2n) is 40.9. The predicted octanol–water partition coefficient (Wildman–Crippen LogP) is 35.2. The van der Waals surface area contributed by atoms with Crippen molar-refractivity contribution in [2.24, 2.45) is 0 Å². The molecule has 0 aliphatic heterocycles. The Balaban J connectivity index is 0.000000140. The number of hydrogen-bond donors (Lipinski definition) is 0. The molecule has 620 valence electrons. The summed E-state index contributed by atoms with van der Waals surface area (Å²) in [6.45, 7) is 28.9. The van der Waals surface area contributed by atoms with Crippen LogP contribution in [0.4, 0.5) is 0 Å². The third-order valence-electron chi connectivity index (χ3n) is 31.8. The van der Waals surface area contributed by atoms with Crippen LogP contribution in [0.15, 0.2) is 388 Å². The Bertz CT molecular complexity index is 8290. The molecule has 0 heterocycles. The number of benzene rings is 20. The van der Waals surface area contributed by atoms with Crippen LogP contribution < -0.4 is 0 Å². The van der Waals surface area contributed by atoms with Crippen molar-refractivity contribution in [1.29, 1.82) is 0 Å². The SMILES string of the molecule is CC1(C)c2ccccc2-c2ccc(-c3c4ccc(-c5ccc(-c6ccccc6)cc5)cc4c(-c4ccc5c(c4)C(C)(C)c4ccccc4-5)c4cc5c(cc34)-c3ccccc3C5(C)C)cc21.CC1(C)c2ccccc2-c2ccc(-c3c4ccc(-c5cccc(-c6ccccc6)c5)cc4c(-c4ccc5c(c4)C(C)(C)c4ccccc4-5)c4cc5c(cc34)-c3ccccc3C5(C)C)cc21. The summed E-state index contributed by atoms with van der Waals surface area (Å²) in [5, 5.41) is 10.3. The van der Waals surface area contributed by atoms with Gasteiger partial charge in [0.05, 0.1) is 0 Å². The van der Waals surface area contributed by atoms with Gasteiger partial charge in [0.15, 0.2) is 0 Å². The minimum absolute atomic E-state index is 0.119. The van der Waals surface area contributed by atoms with Crippen molar-refractivity contribution < 1.29 is 0 Å². The normalized spacial score (nSPS) is 15.3. The highest BCUT2D eigenvalue weighted by atomic mass is 14.5. The van der Waals surface area contributed by atoms with Crippen molar-refractivity contribution in [3.63, 3.8) is 0 Å². The summed E-state index contributed by atoms with van der Waals surface area (Å²) in [4.78, 5) is 0. The maximum absolute atomic E-state index is 2.59. The highest BCUT2D eigenvalue weighted by Gasteiger charge is 2.44. The predicted molar refractivity (Wildman–Crippen MR) is 552 cm³/mol. The van der Waals surface area contributed by atoms with E-state index < -0.39 is 0 Å². The van der Waals surface area contributed by atoms with Crippen molar-refractivity contribution in [2.45, 2.75) is 116 Å². The van der Waals surface area contributed by atoms with Gasteiger partial charge < -0.3 is 0 Å². The van der Waals surface area contributed by atoms with Crippen LogP contribution in [-0.2, 0) is 32.5 Å². The van der Waals surface area contributed by atoms with Crippen molar-refractivity contribution in [3.05, 3.63) is 455 Å². The molecule has 0 unspecified atom stereocenters. The molecule has 26 rings (SSSR count). The molecule has 0 saturated carbocycles. The number of rotatable bonds is 8. The first-order valence-electron chi connectivity index (χ1n) is 46.7. The fourth-order valence-electron chi connectivity index (χ4n) is 24.9. The van der Waals surface area contributed by atoms with E-state index in [1.54, 1.807) is 0 Å². The minimum atomic E-state index is -0.156. The summed E-state index contributed by atoms with van der Waals surface area (Å²) in [7, 11) is 0. The summed E-state index contributed by atoms with van der Waals surface area (Å²) in [6.07, 6.45) is 0. The van der Waals surface area contributed by atoms with E-state index >= 15 is 0 Å². The molecule has 6 aliphatic rings. The lowest BCUT2D eigenvalue weighted by molar-refractivity contribution is 0.660. The minimum Gasteiger partial charge on any atom is -0.0622 e. The molecule has 0 N–H and O–H groups in total. The van der Waals surface area contributed by atoms with Crippen LogP contribution in [0, 0.1) is 0 Å². The lowest BCUT2D eigenvalue weighted by Gasteiger charge is -2.26. The van der Waals surface area contributed by atoms with Gasteiger partial charge >= 0.3 is 0 Å². The summed E-state index contributed by atoms with van der Waals surface area (Å²) in [6, 6.07) is 148. The molecule has 0 bridgehead atoms. The second kappa shape index (κ2) is 28.0. The van der Waals surface area contributed by atoms with Crippen molar-refractivity contribution in [3.8, 4) is 156 Å². The lowest BCUT2D eigenvalue weighted by Crippen LogP contribution is -2.15. The molecule has 0 nitrogen and oxygen atoms in total. The zero-order valence-corrected chi connectivity index (χ0v) is 76.0. The monoisotopic (exact) mass is 1660 g/mol. The van der Waals surface area contributed by atoms with E-state index in [4.69, 9.17) is 0 Å². The van der Waals surface area contributed by atoms with Gasteiger partial charge in [0.2, 0.25) is 0 Å². The fraction of sp³-hybridized carbons (Fsp3) is 0.138. The van der Waals surface area contributed by atoms with Crippen LogP contribution in [0.2, 0.25) is 0 Å². The van der Waals surface area contributed by atoms with Gasteiger partial charge in [-0.3, -0.25) is 0 Å². The molecule has 0 heteroatoms. The molecule has 0 saturated heterocycles. The molecule has 0 aromatic heterocycles. The molecule has 130 heavy (non-hydrogen) atoms. The van der Waals surface area contributed by atoms with Gasteiger partial charge in [0.25, 0.3) is 0 Å². The quantitative estimate of drug-likeness (QED) is 0.133. The zero-order valence-electron chi connectivity index (χ0n) is 76.0. The summed E-state index contributed by atoms with van der Waals surface area (Å²) in [5.74, 6) is 0. The van der Waals surface area contributed by atoms with Gasteiger partial charge in [-0.1, -0.05) is 405 Å². The van der Waals surface area contributed by atoms with Crippen LogP contribution in [0.3, 0.4) is 0 Å². The summed E-state index contributed by atoms with van der Waals surface area (Å²) >= 11 is 0. The van der Waals surface area contributed by atoms with Crippen molar-refractivity contribution in [1.82, 2.24) is 0 Å². The maximum Gasteiger partial charge on any atom is 0.0159 e. The molecule has 0 fully saturated rings. The van der Waals surface area contributed by atoms with Crippen LogP contribution >= 0.6 is 0 Å². The highest BCUT2D eigenvalue weighted by Crippen LogP contribution is 2.61. The Morgan fingerprint density at radius 2 is 0.300 bits per heavy atom. The first kappa shape index (κ1) is 77.8. The van der Waals surface area contributed by atoms with E-state index in [0.29, 0.717) is 0 Å². The average Bonchev–Trinajstić information content (AvgIpc) is 1.47. The fourth-order valence-corrected chi connectivity index (χ4v) is 24.9. The summed E-state index contributed by atoms with van der Waals surface area (Å²) in [5.41, 5.74) is 52.2. The Hall–Kier alpha value is -14.6. The number of hydrogen-bond acceptors (Lipinski definition) is 0. The van der Waals surface area contributed by atoms with E-state index in [1.807, 2.05) is 0 Å². The van der Waals surface area contributed by atoms with Crippen LogP contribution in [0.5, 0.6) is 0 Å². The highest BCUT2D eigenvalue weighted by molar-refractivity contribution is 6.25. The Morgan fingerprint density at radius 1 is 0.108 bits per heavy atom. The molecule has 0 spiro atoms. The summed E-state index contributed by atoms with van der Waals surface area (Å²) < 4.78 is 0. The standard InChI is InChI=1S/2C65H50/c1-63(2)55-24-13-10-21-45(55)48-30-28-43(35-58(48)63)61-50-32-27-42(41-20-16-19-40(33-41)39-17-8-7-9-18-39)34-52(50)62(44-29-31-49-46-22-11-14-25-56(46)64(3,4)59(49)36-44)54-38-60-51(37-53(54)61)47-23-12-15-26-57(47)65(60,5)6;1-63(2)55-21-13-10-18-45(55)48-31-29-43(35-58(48)63)61-50-33-28-42(41-26-24-40(25-27-41)39-16-8-7-9-17-39)34-52(50)62(44-30-32-49-46-19-11-14-22-56(46)64(3,4)59(49)36-44)54-38-60-51(37-53(54)61)47-20-12-15-23-57(47)65(60,5)6/h2*7-38H,1-6H3. The first-order valence-corrected chi connectivity index (χ1v) is 46.7. The Labute approximate surface area is 764 Å². The smallest absolute Gasteiger partial charge is 0.0159 e. The lowest BCUT2D eigenvalue weighted by atomic mass is 9.77. The molecule has 6 aliphatic carbocycles. The first-order chi connectivity index (χ1) is 63.0. The van der Waals surface area contributed by atoms with Gasteiger partial charge in [-0.05, 0) is 332 Å². The third-order valence-corrected chi connectivity index (χ3v) is 31.8. The Morgan fingerprint density at radius 3 is 0.623 bits per heavy atom. The van der Waals surface area contributed by atoms with Crippen LogP contribution in [-0.4, -0.2) is 0 Å². The molecule has 0 atom stereocenters. The third kappa shape index (κ3) is 11.2. The van der Waals surface area contributed by atoms with E-state index in [2.05, 4.69) is 471 Å². The van der Waals surface area contributed by atoms with Crippen LogP contribution in [0.1, 0.15) is 150 Å². The molecule has 0 radical (unpaired) electrons. The molecule has 0 amide bonds. The van der Waals surface area contributed by atoms with Crippen molar-refractivity contribution >= 4 is 43.1 Å². The Kier molecular flexibility index (Phi) is 16.7. The van der Waals surface area contributed by atoms with E-state index in [-0.39, 0.29) is 32.5 Å². The molecule has 20 aromatic rings. The van der Waals surface area contributed by atoms with E-state index in [0.717, 1.165) is 0 Å². The van der Waals surface area contributed by atoms with Crippen LogP contribution in [0.25, 0.3) is 199 Å². The van der Waals surface area contributed by atoms with Gasteiger partial charge in [0, 0.05) is 32.5 Å². The second-order valence-corrected chi connectivity index (χ2v) is 40.9. The van der Waals surface area contributed by atoms with Crippen molar-refractivity contribution in [2.75, 3.05) is 0 Å². The zero-order chi connectivity index (χ0) is 88.0. The average molecular weight is 1660 g/mol. The van der Waals surface area contributed by atoms with Gasteiger partial charge in [-0.25, -0.2) is 0 Å². The maximum atomic E-state index is 2.59. The van der Waals surface area contributed by atoms with E-state index in [9.17, 15) is 0 Å².